The van der Waals surface area contributed by atoms with Crippen LogP contribution in [0.1, 0.15) is 16.5 Å². The van der Waals surface area contributed by atoms with E-state index in [2.05, 4.69) is 15.6 Å². The molecule has 182 valence electrons. The maximum atomic E-state index is 13.8. The zero-order chi connectivity index (χ0) is 24.6. The third kappa shape index (κ3) is 5.84. The molecule has 2 aromatic heterocycles. The van der Waals surface area contributed by atoms with E-state index in [0.717, 1.165) is 10.4 Å². The molecule has 0 aliphatic rings. The number of amides is 2. The summed E-state index contributed by atoms with van der Waals surface area (Å²) in [6.07, 6.45) is 0. The van der Waals surface area contributed by atoms with Gasteiger partial charge in [0.2, 0.25) is 11.8 Å². The highest BCUT2D eigenvalue weighted by Gasteiger charge is 2.32. The molecular formula is C25H27N5O4S. The van der Waals surface area contributed by atoms with Crippen molar-refractivity contribution < 1.29 is 19.1 Å². The van der Waals surface area contributed by atoms with Crippen molar-refractivity contribution in [3.8, 4) is 5.75 Å². The Morgan fingerprint density at radius 3 is 2.74 bits per heavy atom. The zero-order valence-electron chi connectivity index (χ0n) is 19.6. The van der Waals surface area contributed by atoms with Gasteiger partial charge >= 0.3 is 0 Å². The Morgan fingerprint density at radius 1 is 1.11 bits per heavy atom. The molecule has 2 amide bonds. The van der Waals surface area contributed by atoms with Crippen molar-refractivity contribution >= 4 is 34.2 Å². The second-order valence-corrected chi connectivity index (χ2v) is 8.83. The van der Waals surface area contributed by atoms with Gasteiger partial charge in [-0.05, 0) is 41.3 Å². The van der Waals surface area contributed by atoms with Crippen molar-refractivity contribution in [2.75, 3.05) is 27.4 Å². The quantitative estimate of drug-likeness (QED) is 0.323. The zero-order valence-corrected chi connectivity index (χ0v) is 20.4. The predicted octanol–water partition coefficient (Wildman–Crippen LogP) is 3.03. The molecule has 0 aliphatic heterocycles. The number of hydrogen-bond donors (Lipinski definition) is 1. The number of nitrogens with one attached hydrogen (secondary N) is 1. The maximum absolute atomic E-state index is 13.8. The molecule has 10 heteroatoms. The molecule has 1 atom stereocenters. The summed E-state index contributed by atoms with van der Waals surface area (Å²) in [5, 5.41) is 13.2. The van der Waals surface area contributed by atoms with Crippen molar-refractivity contribution in [1.29, 1.82) is 0 Å². The summed E-state index contributed by atoms with van der Waals surface area (Å²) in [5.41, 5.74) is 2.10. The number of thiophene rings is 1. The molecule has 4 aromatic rings. The van der Waals surface area contributed by atoms with Crippen molar-refractivity contribution in [2.24, 2.45) is 0 Å². The third-order valence-electron chi connectivity index (χ3n) is 5.51. The van der Waals surface area contributed by atoms with E-state index in [1.54, 1.807) is 35.9 Å². The van der Waals surface area contributed by atoms with Crippen LogP contribution in [0.2, 0.25) is 0 Å². The van der Waals surface area contributed by atoms with Crippen LogP contribution in [-0.2, 0) is 27.4 Å². The van der Waals surface area contributed by atoms with Gasteiger partial charge in [0.05, 0.1) is 25.8 Å². The van der Waals surface area contributed by atoms with Gasteiger partial charge in [-0.25, -0.2) is 4.68 Å². The maximum Gasteiger partial charge on any atom is 0.247 e. The van der Waals surface area contributed by atoms with Crippen molar-refractivity contribution in [3.05, 3.63) is 76.5 Å². The summed E-state index contributed by atoms with van der Waals surface area (Å²) in [7, 11) is 3.14. The van der Waals surface area contributed by atoms with Gasteiger partial charge < -0.3 is 19.7 Å². The monoisotopic (exact) mass is 493 g/mol. The average Bonchev–Trinajstić information content (AvgIpc) is 3.54. The summed E-state index contributed by atoms with van der Waals surface area (Å²) >= 11 is 1.53. The Labute approximate surface area is 207 Å². The molecule has 0 saturated carbocycles. The predicted molar refractivity (Wildman–Crippen MR) is 133 cm³/mol. The van der Waals surface area contributed by atoms with Crippen LogP contribution in [-0.4, -0.2) is 59.1 Å². The highest BCUT2D eigenvalue weighted by molar-refractivity contribution is 7.09. The van der Waals surface area contributed by atoms with Crippen LogP contribution in [0.25, 0.3) is 11.0 Å². The summed E-state index contributed by atoms with van der Waals surface area (Å²) < 4.78 is 12.0. The normalized spacial score (nSPS) is 11.8. The number of para-hydroxylation sites is 1. The lowest BCUT2D eigenvalue weighted by Gasteiger charge is -2.31. The third-order valence-corrected chi connectivity index (χ3v) is 6.37. The van der Waals surface area contributed by atoms with E-state index in [4.69, 9.17) is 9.47 Å². The summed E-state index contributed by atoms with van der Waals surface area (Å²) in [6.45, 7) is 0.894. The van der Waals surface area contributed by atoms with Gasteiger partial charge in [0, 0.05) is 18.5 Å². The molecule has 0 aliphatic carbocycles. The summed E-state index contributed by atoms with van der Waals surface area (Å²) in [5.74, 6) is 0.0374. The molecule has 2 aromatic carbocycles. The van der Waals surface area contributed by atoms with Crippen LogP contribution in [0, 0.1) is 0 Å². The lowest BCUT2D eigenvalue weighted by atomic mass is 10.0. The number of carbonyl (C=O) groups is 2. The van der Waals surface area contributed by atoms with Crippen LogP contribution in [0.15, 0.2) is 66.0 Å². The molecule has 9 nitrogen and oxygen atoms in total. The fourth-order valence-corrected chi connectivity index (χ4v) is 4.51. The highest BCUT2D eigenvalue weighted by Crippen LogP contribution is 2.28. The van der Waals surface area contributed by atoms with E-state index in [1.165, 1.54) is 11.3 Å². The molecule has 0 fully saturated rings. The minimum absolute atomic E-state index is 0.0578. The number of ether oxygens (including phenoxy) is 2. The van der Waals surface area contributed by atoms with E-state index in [1.807, 2.05) is 53.9 Å². The van der Waals surface area contributed by atoms with E-state index in [9.17, 15) is 9.59 Å². The molecule has 4 rings (SSSR count). The lowest BCUT2D eigenvalue weighted by molar-refractivity contribution is -0.142. The molecule has 0 spiro atoms. The summed E-state index contributed by atoms with van der Waals surface area (Å²) in [6, 6.07) is 17.6. The van der Waals surface area contributed by atoms with Gasteiger partial charge in [0.15, 0.2) is 0 Å². The molecule has 0 unspecified atom stereocenters. The Kier molecular flexibility index (Phi) is 8.07. The Bertz CT molecular complexity index is 1270. The Hall–Kier alpha value is -3.76. The fraction of sp³-hybridized carbons (Fsp3) is 0.280. The van der Waals surface area contributed by atoms with Crippen LogP contribution in [0.3, 0.4) is 0 Å². The Morgan fingerprint density at radius 2 is 1.97 bits per heavy atom. The topological polar surface area (TPSA) is 98.6 Å². The molecular weight excluding hydrogens is 466 g/mol. The Balaban J connectivity index is 1.71. The first-order valence-electron chi connectivity index (χ1n) is 11.1. The number of fused-ring (bicyclic) bond motifs is 1. The minimum atomic E-state index is -0.883. The van der Waals surface area contributed by atoms with Crippen molar-refractivity contribution in [3.63, 3.8) is 0 Å². The van der Waals surface area contributed by atoms with Gasteiger partial charge in [-0.2, -0.15) is 0 Å². The molecule has 0 saturated heterocycles. The van der Waals surface area contributed by atoms with Gasteiger partial charge in [0.1, 0.15) is 23.9 Å². The number of benzene rings is 2. The lowest BCUT2D eigenvalue weighted by Crippen LogP contribution is -2.45. The first kappa shape index (κ1) is 24.4. The van der Waals surface area contributed by atoms with Gasteiger partial charge in [-0.1, -0.05) is 35.5 Å². The first-order chi connectivity index (χ1) is 17.1. The second-order valence-electron chi connectivity index (χ2n) is 7.80. The smallest absolute Gasteiger partial charge is 0.247 e. The van der Waals surface area contributed by atoms with Gasteiger partial charge in [0.25, 0.3) is 0 Å². The van der Waals surface area contributed by atoms with Crippen molar-refractivity contribution in [2.45, 2.75) is 19.1 Å². The number of aromatic nitrogens is 3. The molecule has 0 bridgehead atoms. The van der Waals surface area contributed by atoms with E-state index >= 15 is 0 Å². The average molecular weight is 494 g/mol. The number of methoxy groups -OCH3 is 2. The van der Waals surface area contributed by atoms with E-state index < -0.39 is 6.04 Å². The molecule has 2 heterocycles. The number of rotatable bonds is 11. The molecule has 35 heavy (non-hydrogen) atoms. The fourth-order valence-electron chi connectivity index (χ4n) is 3.80. The largest absolute Gasteiger partial charge is 0.497 e. The van der Waals surface area contributed by atoms with E-state index in [0.29, 0.717) is 30.0 Å². The van der Waals surface area contributed by atoms with Crippen LogP contribution in [0.5, 0.6) is 5.75 Å². The summed E-state index contributed by atoms with van der Waals surface area (Å²) in [4.78, 5) is 29.8. The van der Waals surface area contributed by atoms with Crippen molar-refractivity contribution in [1.82, 2.24) is 25.2 Å². The van der Waals surface area contributed by atoms with Gasteiger partial charge in [-0.3, -0.25) is 9.59 Å². The minimum Gasteiger partial charge on any atom is -0.497 e. The van der Waals surface area contributed by atoms with Crippen LogP contribution >= 0.6 is 11.3 Å². The van der Waals surface area contributed by atoms with E-state index in [-0.39, 0.29) is 24.9 Å². The SMILES string of the molecule is COCCNC(=O)[C@H](c1cccc(OC)c1)N(Cc1cccs1)C(=O)Cn1nnc2ccccc21. The number of hydrogen-bond acceptors (Lipinski definition) is 7. The number of nitrogens with zero attached hydrogens (tertiary/aromatic N) is 4. The standard InChI is InChI=1S/C25H27N5O4S/c1-33-13-12-26-25(32)24(18-7-5-8-19(15-18)34-2)29(16-20-9-6-14-35-20)23(31)17-30-22-11-4-3-10-21(22)27-28-30/h3-11,14-15,24H,12-13,16-17H2,1-2H3,(H,26,32)/t24-/m0/s1. The van der Waals surface area contributed by atoms with Crippen LogP contribution in [0.4, 0.5) is 0 Å². The second kappa shape index (κ2) is 11.6. The molecule has 1 N–H and O–H groups in total. The highest BCUT2D eigenvalue weighted by atomic mass is 32.1. The number of carbonyl (C=O) groups excluding carboxylic acids is 2. The van der Waals surface area contributed by atoms with Crippen LogP contribution < -0.4 is 10.1 Å². The molecule has 0 radical (unpaired) electrons. The van der Waals surface area contributed by atoms with Gasteiger partial charge in [-0.15, -0.1) is 16.4 Å². The first-order valence-corrected chi connectivity index (χ1v) is 12.0.